The Kier molecular flexibility index (Phi) is 6.18. The van der Waals surface area contributed by atoms with Crippen molar-refractivity contribution >= 4 is 12.0 Å². The molecule has 150 valence electrons. The first-order chi connectivity index (χ1) is 13.4. The number of likely N-dealkylation sites (tertiary alicyclic amines) is 1. The second kappa shape index (κ2) is 8.60. The van der Waals surface area contributed by atoms with Crippen LogP contribution in [-0.4, -0.2) is 40.8 Å². The average molecular weight is 393 g/mol. The molecule has 5 nitrogen and oxygen atoms in total. The van der Waals surface area contributed by atoms with Crippen LogP contribution in [0.15, 0.2) is 42.6 Å². The van der Waals surface area contributed by atoms with Crippen LogP contribution in [0.2, 0.25) is 0 Å². The summed E-state index contributed by atoms with van der Waals surface area (Å²) in [5.74, 6) is -0.404. The molecule has 0 saturated carbocycles. The largest absolute Gasteiger partial charge is 0.466 e. The molecular weight excluding hydrogens is 371 g/mol. The van der Waals surface area contributed by atoms with Gasteiger partial charge in [0.1, 0.15) is 0 Å². The maximum atomic E-state index is 12.7. The van der Waals surface area contributed by atoms with Gasteiger partial charge in [0.25, 0.3) is 0 Å². The van der Waals surface area contributed by atoms with E-state index in [-0.39, 0.29) is 6.04 Å². The number of aromatic nitrogens is 2. The minimum Gasteiger partial charge on any atom is -0.466 e. The number of methoxy groups -OCH3 is 1. The SMILES string of the molecule is COC(=O)/C=C/c1ccc(C2CCCN2CCn2ccc(C(F)(F)F)n2)cc1. The maximum absolute atomic E-state index is 12.7. The molecule has 0 aliphatic carbocycles. The van der Waals surface area contributed by atoms with Crippen molar-refractivity contribution < 1.29 is 22.7 Å². The molecule has 1 aromatic heterocycles. The van der Waals surface area contributed by atoms with Crippen molar-refractivity contribution in [1.82, 2.24) is 14.7 Å². The fourth-order valence-electron chi connectivity index (χ4n) is 3.40. The van der Waals surface area contributed by atoms with Gasteiger partial charge in [0.05, 0.1) is 13.7 Å². The standard InChI is InChI=1S/C20H22F3N3O2/c1-28-19(27)9-6-15-4-7-16(8-5-15)17-3-2-11-25(17)13-14-26-12-10-18(24-26)20(21,22)23/h4-10,12,17H,2-3,11,13-14H2,1H3/b9-6+. The van der Waals surface area contributed by atoms with Crippen molar-refractivity contribution in [1.29, 1.82) is 0 Å². The Bertz CT molecular complexity index is 828. The van der Waals surface area contributed by atoms with Crippen LogP contribution in [0, 0.1) is 0 Å². The summed E-state index contributed by atoms with van der Waals surface area (Å²) in [6, 6.07) is 9.16. The molecule has 1 aromatic carbocycles. The van der Waals surface area contributed by atoms with E-state index < -0.39 is 17.8 Å². The monoisotopic (exact) mass is 393 g/mol. The lowest BCUT2D eigenvalue weighted by Crippen LogP contribution is -2.27. The van der Waals surface area contributed by atoms with Gasteiger partial charge in [-0.25, -0.2) is 4.79 Å². The van der Waals surface area contributed by atoms with Crippen LogP contribution in [-0.2, 0) is 22.3 Å². The third-order valence-electron chi connectivity index (χ3n) is 4.85. The number of nitrogens with zero attached hydrogens (tertiary/aromatic N) is 3. The van der Waals surface area contributed by atoms with Crippen molar-refractivity contribution in [3.8, 4) is 0 Å². The molecule has 0 amide bonds. The predicted octanol–water partition coefficient (Wildman–Crippen LogP) is 3.93. The van der Waals surface area contributed by atoms with E-state index in [4.69, 9.17) is 0 Å². The normalized spacial score (nSPS) is 18.1. The van der Waals surface area contributed by atoms with Gasteiger partial charge < -0.3 is 4.74 Å². The summed E-state index contributed by atoms with van der Waals surface area (Å²) in [4.78, 5) is 13.4. The van der Waals surface area contributed by atoms with Crippen LogP contribution < -0.4 is 0 Å². The second-order valence-corrected chi connectivity index (χ2v) is 6.68. The van der Waals surface area contributed by atoms with Crippen LogP contribution in [0.3, 0.4) is 0 Å². The molecule has 3 rings (SSSR count). The lowest BCUT2D eigenvalue weighted by atomic mass is 10.0. The Morgan fingerprint density at radius 1 is 1.25 bits per heavy atom. The first kappa shape index (κ1) is 20.1. The number of benzene rings is 1. The minimum atomic E-state index is -4.41. The maximum Gasteiger partial charge on any atom is 0.435 e. The van der Waals surface area contributed by atoms with E-state index in [9.17, 15) is 18.0 Å². The fourth-order valence-corrected chi connectivity index (χ4v) is 3.40. The van der Waals surface area contributed by atoms with Gasteiger partial charge in [0.15, 0.2) is 5.69 Å². The van der Waals surface area contributed by atoms with Gasteiger partial charge in [-0.2, -0.15) is 18.3 Å². The number of esters is 1. The molecular formula is C20H22F3N3O2. The molecule has 2 heterocycles. The molecule has 1 unspecified atom stereocenters. The zero-order valence-electron chi connectivity index (χ0n) is 15.5. The van der Waals surface area contributed by atoms with Crippen LogP contribution >= 0.6 is 0 Å². The Morgan fingerprint density at radius 2 is 2.00 bits per heavy atom. The third kappa shape index (κ3) is 5.01. The van der Waals surface area contributed by atoms with E-state index in [0.717, 1.165) is 36.6 Å². The number of hydrogen-bond donors (Lipinski definition) is 0. The zero-order chi connectivity index (χ0) is 20.1. The van der Waals surface area contributed by atoms with Crippen molar-refractivity contribution in [2.45, 2.75) is 31.6 Å². The number of hydrogen-bond acceptors (Lipinski definition) is 4. The highest BCUT2D eigenvalue weighted by atomic mass is 19.4. The third-order valence-corrected chi connectivity index (χ3v) is 4.85. The minimum absolute atomic E-state index is 0.233. The van der Waals surface area contributed by atoms with E-state index in [2.05, 4.69) is 14.7 Å². The smallest absolute Gasteiger partial charge is 0.435 e. The van der Waals surface area contributed by atoms with Crippen LogP contribution in [0.4, 0.5) is 13.2 Å². The first-order valence-electron chi connectivity index (χ1n) is 9.07. The first-order valence-corrected chi connectivity index (χ1v) is 9.07. The number of halogens is 3. The summed E-state index contributed by atoms with van der Waals surface area (Å²) in [5, 5.41) is 3.61. The van der Waals surface area contributed by atoms with Crippen LogP contribution in [0.5, 0.6) is 0 Å². The summed E-state index contributed by atoms with van der Waals surface area (Å²) in [5.41, 5.74) is 1.19. The zero-order valence-corrected chi connectivity index (χ0v) is 15.5. The Balaban J connectivity index is 1.60. The molecule has 28 heavy (non-hydrogen) atoms. The average Bonchev–Trinajstić information content (AvgIpc) is 3.33. The van der Waals surface area contributed by atoms with Crippen LogP contribution in [0.25, 0.3) is 6.08 Å². The topological polar surface area (TPSA) is 47.4 Å². The van der Waals surface area contributed by atoms with E-state index in [0.29, 0.717) is 13.1 Å². The molecule has 0 N–H and O–H groups in total. The molecule has 2 aromatic rings. The molecule has 0 radical (unpaired) electrons. The van der Waals surface area contributed by atoms with Crippen molar-refractivity contribution in [3.05, 3.63) is 59.4 Å². The van der Waals surface area contributed by atoms with E-state index in [1.165, 1.54) is 24.1 Å². The van der Waals surface area contributed by atoms with Gasteiger partial charge >= 0.3 is 12.1 Å². The lowest BCUT2D eigenvalue weighted by molar-refractivity contribution is -0.141. The van der Waals surface area contributed by atoms with Gasteiger partial charge in [-0.05, 0) is 42.7 Å². The molecule has 1 aliphatic rings. The van der Waals surface area contributed by atoms with E-state index >= 15 is 0 Å². The Hall–Kier alpha value is -2.61. The van der Waals surface area contributed by atoms with Gasteiger partial charge in [-0.15, -0.1) is 0 Å². The van der Waals surface area contributed by atoms with Crippen molar-refractivity contribution in [3.63, 3.8) is 0 Å². The molecule has 1 saturated heterocycles. The number of rotatable bonds is 6. The molecule has 8 heteroatoms. The van der Waals surface area contributed by atoms with E-state index in [1.54, 1.807) is 6.08 Å². The van der Waals surface area contributed by atoms with Crippen LogP contribution in [0.1, 0.15) is 35.7 Å². The lowest BCUT2D eigenvalue weighted by Gasteiger charge is -2.25. The highest BCUT2D eigenvalue weighted by Gasteiger charge is 2.33. The molecule has 1 atom stereocenters. The highest BCUT2D eigenvalue weighted by molar-refractivity contribution is 5.86. The fraction of sp³-hybridized carbons (Fsp3) is 0.400. The van der Waals surface area contributed by atoms with Gasteiger partial charge in [0, 0.05) is 24.9 Å². The summed E-state index contributed by atoms with van der Waals surface area (Å²) in [7, 11) is 1.33. The quantitative estimate of drug-likeness (QED) is 0.551. The summed E-state index contributed by atoms with van der Waals surface area (Å²) < 4.78 is 43.9. The Labute approximate surface area is 161 Å². The number of ether oxygens (including phenoxy) is 1. The Morgan fingerprint density at radius 3 is 2.64 bits per heavy atom. The predicted molar refractivity (Wildman–Crippen MR) is 98.3 cm³/mol. The van der Waals surface area contributed by atoms with Gasteiger partial charge in [-0.1, -0.05) is 24.3 Å². The van der Waals surface area contributed by atoms with E-state index in [1.807, 2.05) is 24.3 Å². The number of carbonyl (C=O) groups excluding carboxylic acids is 1. The second-order valence-electron chi connectivity index (χ2n) is 6.68. The molecule has 0 bridgehead atoms. The molecule has 0 spiro atoms. The number of alkyl halides is 3. The van der Waals surface area contributed by atoms with Crippen molar-refractivity contribution in [2.75, 3.05) is 20.2 Å². The summed E-state index contributed by atoms with van der Waals surface area (Å²) in [6.45, 7) is 1.95. The highest BCUT2D eigenvalue weighted by Crippen LogP contribution is 2.32. The van der Waals surface area contributed by atoms with Crippen molar-refractivity contribution in [2.24, 2.45) is 0 Å². The molecule has 1 aliphatic heterocycles. The summed E-state index contributed by atoms with van der Waals surface area (Å²) in [6.07, 6.45) is 2.07. The van der Waals surface area contributed by atoms with Gasteiger partial charge in [0.2, 0.25) is 0 Å². The summed E-state index contributed by atoms with van der Waals surface area (Å²) >= 11 is 0. The number of carbonyl (C=O) groups is 1. The van der Waals surface area contributed by atoms with Gasteiger partial charge in [-0.3, -0.25) is 9.58 Å². The molecule has 1 fully saturated rings.